The van der Waals surface area contributed by atoms with Gasteiger partial charge in [0, 0.05) is 42.0 Å². The Hall–Kier alpha value is -3.95. The van der Waals surface area contributed by atoms with Crippen LogP contribution in [0.4, 0.5) is 16.3 Å². The van der Waals surface area contributed by atoms with Gasteiger partial charge in [0.2, 0.25) is 17.7 Å². The first-order valence-corrected chi connectivity index (χ1v) is 15.1. The van der Waals surface area contributed by atoms with E-state index in [1.807, 2.05) is 71.9 Å². The highest BCUT2D eigenvalue weighted by atomic mass is 16.6. The number of hydrogen-bond donors (Lipinski definition) is 2. The van der Waals surface area contributed by atoms with E-state index in [1.54, 1.807) is 16.0 Å². The number of ether oxygens (including phenoxy) is 1. The molecule has 0 bridgehead atoms. The maximum Gasteiger partial charge on any atom is 0.410 e. The van der Waals surface area contributed by atoms with Gasteiger partial charge in [-0.2, -0.15) is 0 Å². The van der Waals surface area contributed by atoms with Crippen LogP contribution in [-0.2, 0) is 37.4 Å². The molecule has 1 aromatic heterocycles. The Kier molecular flexibility index (Phi) is 8.00. The fourth-order valence-electron chi connectivity index (χ4n) is 6.40. The van der Waals surface area contributed by atoms with Crippen LogP contribution in [0.5, 0.6) is 0 Å². The SMILES string of the molecule is CC(C)(C)OC(=O)N1CCCC(N(CC(=O)Nc2ccc3c(c2)CC2(C3)C(=O)Nc3ncccc32)C(=O)C(C)(C)C)CC1. The van der Waals surface area contributed by atoms with Crippen molar-refractivity contribution in [3.05, 3.63) is 53.2 Å². The molecule has 1 saturated heterocycles. The predicted molar refractivity (Wildman–Crippen MR) is 164 cm³/mol. The molecule has 43 heavy (non-hydrogen) atoms. The number of carbonyl (C=O) groups is 4. The zero-order valence-corrected chi connectivity index (χ0v) is 26.1. The Morgan fingerprint density at radius 3 is 2.53 bits per heavy atom. The van der Waals surface area contributed by atoms with Crippen LogP contribution in [-0.4, -0.2) is 69.9 Å². The van der Waals surface area contributed by atoms with Crippen LogP contribution >= 0.6 is 0 Å². The second kappa shape index (κ2) is 11.3. The number of pyridine rings is 1. The molecule has 3 heterocycles. The molecule has 1 aliphatic carbocycles. The van der Waals surface area contributed by atoms with Gasteiger partial charge in [-0.3, -0.25) is 14.4 Å². The van der Waals surface area contributed by atoms with Crippen molar-refractivity contribution in [2.24, 2.45) is 5.41 Å². The van der Waals surface area contributed by atoms with Gasteiger partial charge in [-0.1, -0.05) is 32.9 Å². The Morgan fingerprint density at radius 2 is 1.81 bits per heavy atom. The van der Waals surface area contributed by atoms with Gasteiger partial charge < -0.3 is 25.2 Å². The predicted octanol–water partition coefficient (Wildman–Crippen LogP) is 4.67. The molecule has 3 aliphatic rings. The first kappa shape index (κ1) is 30.5. The summed E-state index contributed by atoms with van der Waals surface area (Å²) in [5, 5.41) is 5.92. The van der Waals surface area contributed by atoms with Crippen molar-refractivity contribution in [3.8, 4) is 0 Å². The van der Waals surface area contributed by atoms with Gasteiger partial charge in [-0.15, -0.1) is 0 Å². The van der Waals surface area contributed by atoms with E-state index in [0.29, 0.717) is 56.7 Å². The molecule has 2 aromatic rings. The Labute approximate surface area is 253 Å². The number of aromatic nitrogens is 1. The molecular formula is C33H43N5O5. The molecule has 1 aromatic carbocycles. The quantitative estimate of drug-likeness (QED) is 0.535. The molecule has 10 heteroatoms. The second-order valence-electron chi connectivity index (χ2n) is 14.1. The van der Waals surface area contributed by atoms with Crippen molar-refractivity contribution in [1.29, 1.82) is 0 Å². The number of likely N-dealkylation sites (tertiary alicyclic amines) is 1. The number of amides is 4. The number of hydrogen-bond acceptors (Lipinski definition) is 6. The summed E-state index contributed by atoms with van der Waals surface area (Å²) >= 11 is 0. The molecule has 230 valence electrons. The monoisotopic (exact) mass is 589 g/mol. The van der Waals surface area contributed by atoms with E-state index in [2.05, 4.69) is 15.6 Å². The van der Waals surface area contributed by atoms with Gasteiger partial charge in [0.25, 0.3) is 0 Å². The van der Waals surface area contributed by atoms with Gasteiger partial charge in [0.15, 0.2) is 0 Å². The maximum absolute atomic E-state index is 13.6. The summed E-state index contributed by atoms with van der Waals surface area (Å²) in [6.07, 6.45) is 4.39. The van der Waals surface area contributed by atoms with Crippen molar-refractivity contribution in [3.63, 3.8) is 0 Å². The molecular weight excluding hydrogens is 546 g/mol. The molecule has 2 aliphatic heterocycles. The second-order valence-corrected chi connectivity index (χ2v) is 14.1. The summed E-state index contributed by atoms with van der Waals surface area (Å²) in [7, 11) is 0. The molecule has 2 N–H and O–H groups in total. The molecule has 0 saturated carbocycles. The van der Waals surface area contributed by atoms with Gasteiger partial charge in [-0.05, 0) is 82.2 Å². The molecule has 2 unspecified atom stereocenters. The third-order valence-electron chi connectivity index (χ3n) is 8.47. The highest BCUT2D eigenvalue weighted by Crippen LogP contribution is 2.47. The van der Waals surface area contributed by atoms with Crippen LogP contribution in [0.2, 0.25) is 0 Å². The average molecular weight is 590 g/mol. The molecule has 4 amide bonds. The van der Waals surface area contributed by atoms with E-state index in [9.17, 15) is 19.2 Å². The number of rotatable bonds is 4. The van der Waals surface area contributed by atoms with Crippen LogP contribution in [0.1, 0.15) is 77.5 Å². The first-order valence-electron chi connectivity index (χ1n) is 15.1. The minimum atomic E-state index is -0.683. The van der Waals surface area contributed by atoms with Gasteiger partial charge in [-0.25, -0.2) is 9.78 Å². The van der Waals surface area contributed by atoms with Crippen LogP contribution in [0.15, 0.2) is 36.5 Å². The number of carbonyl (C=O) groups excluding carboxylic acids is 4. The van der Waals surface area contributed by atoms with Crippen molar-refractivity contribution in [2.75, 3.05) is 30.3 Å². The smallest absolute Gasteiger partial charge is 0.410 e. The Morgan fingerprint density at radius 1 is 1.07 bits per heavy atom. The number of benzene rings is 1. The van der Waals surface area contributed by atoms with E-state index in [0.717, 1.165) is 16.7 Å². The molecule has 10 nitrogen and oxygen atoms in total. The Bertz CT molecular complexity index is 1440. The lowest BCUT2D eigenvalue weighted by Crippen LogP contribution is -2.49. The standard InChI is InChI=1S/C33H43N5O5/c1-31(2,3)29(41)38(24-9-8-15-37(16-13-24)30(42)43-32(4,5)6)20-26(39)35-23-12-11-21-18-33(19-22(21)17-23)25-10-7-14-34-27(25)36-28(33)40/h7,10-12,14,17,24H,8-9,13,15-16,18-20H2,1-6H3,(H,35,39)(H,34,36,40). The third-order valence-corrected chi connectivity index (χ3v) is 8.47. The molecule has 1 spiro atoms. The van der Waals surface area contributed by atoms with Crippen molar-refractivity contribution >= 4 is 35.3 Å². The molecule has 1 fully saturated rings. The largest absolute Gasteiger partial charge is 0.444 e. The van der Waals surface area contributed by atoms with Crippen molar-refractivity contribution < 1.29 is 23.9 Å². The molecule has 5 rings (SSSR count). The summed E-state index contributed by atoms with van der Waals surface area (Å²) in [5.41, 5.74) is 1.68. The molecule has 0 radical (unpaired) electrons. The number of nitrogens with one attached hydrogen (secondary N) is 2. The van der Waals surface area contributed by atoms with E-state index in [4.69, 9.17) is 4.74 Å². The van der Waals surface area contributed by atoms with Crippen LogP contribution in [0, 0.1) is 5.41 Å². The average Bonchev–Trinajstić information content (AvgIpc) is 3.30. The third kappa shape index (κ3) is 6.38. The highest BCUT2D eigenvalue weighted by molar-refractivity contribution is 6.06. The summed E-state index contributed by atoms with van der Waals surface area (Å²) in [4.78, 5) is 60.5. The van der Waals surface area contributed by atoms with Crippen LogP contribution < -0.4 is 10.6 Å². The fourth-order valence-corrected chi connectivity index (χ4v) is 6.40. The summed E-state index contributed by atoms with van der Waals surface area (Å²) in [6.45, 7) is 12.0. The lowest BCUT2D eigenvalue weighted by atomic mass is 9.79. The van der Waals surface area contributed by atoms with E-state index >= 15 is 0 Å². The van der Waals surface area contributed by atoms with Crippen LogP contribution in [0.25, 0.3) is 0 Å². The number of anilines is 2. The van der Waals surface area contributed by atoms with E-state index < -0.39 is 16.4 Å². The fraction of sp³-hybridized carbons (Fsp3) is 0.545. The van der Waals surface area contributed by atoms with Gasteiger partial charge in [0.1, 0.15) is 18.0 Å². The zero-order chi connectivity index (χ0) is 31.2. The van der Waals surface area contributed by atoms with E-state index in [1.165, 1.54) is 0 Å². The Balaban J connectivity index is 1.28. The minimum Gasteiger partial charge on any atom is -0.444 e. The minimum absolute atomic E-state index is 0.0482. The van der Waals surface area contributed by atoms with Crippen LogP contribution in [0.3, 0.4) is 0 Å². The normalized spacial score (nSPS) is 21.5. The number of nitrogens with zero attached hydrogens (tertiary/aromatic N) is 3. The number of fused-ring (bicyclic) bond motifs is 3. The lowest BCUT2D eigenvalue weighted by molar-refractivity contribution is -0.144. The highest BCUT2D eigenvalue weighted by Gasteiger charge is 2.51. The summed E-state index contributed by atoms with van der Waals surface area (Å²) < 4.78 is 5.56. The van der Waals surface area contributed by atoms with Crippen molar-refractivity contribution in [2.45, 2.75) is 90.7 Å². The first-order chi connectivity index (χ1) is 20.2. The van der Waals surface area contributed by atoms with E-state index in [-0.39, 0.29) is 36.4 Å². The maximum atomic E-state index is 13.6. The summed E-state index contributed by atoms with van der Waals surface area (Å²) in [5.74, 6) is 0.179. The van der Waals surface area contributed by atoms with Crippen molar-refractivity contribution in [1.82, 2.24) is 14.8 Å². The molecule has 2 atom stereocenters. The summed E-state index contributed by atoms with van der Waals surface area (Å²) in [6, 6.07) is 9.38. The van der Waals surface area contributed by atoms with Gasteiger partial charge >= 0.3 is 6.09 Å². The zero-order valence-electron chi connectivity index (χ0n) is 26.1. The van der Waals surface area contributed by atoms with Gasteiger partial charge in [0.05, 0.1) is 5.41 Å². The topological polar surface area (TPSA) is 121 Å². The lowest BCUT2D eigenvalue weighted by Gasteiger charge is -2.35.